The first-order chi connectivity index (χ1) is 13.0. The van der Waals surface area contributed by atoms with Crippen LogP contribution in [-0.2, 0) is 17.6 Å². The monoisotopic (exact) mass is 366 g/mol. The summed E-state index contributed by atoms with van der Waals surface area (Å²) in [6.07, 6.45) is 2.30. The largest absolute Gasteiger partial charge is 0.393 e. The van der Waals surface area contributed by atoms with Crippen molar-refractivity contribution in [2.75, 3.05) is 18.4 Å². The fraction of sp³-hybridized carbons (Fsp3) is 0.364. The normalized spacial score (nSPS) is 14.8. The fourth-order valence-electron chi connectivity index (χ4n) is 3.20. The molecule has 0 aliphatic carbocycles. The summed E-state index contributed by atoms with van der Waals surface area (Å²) in [5, 5.41) is 12.4. The smallest absolute Gasteiger partial charge is 0.255 e. The van der Waals surface area contributed by atoms with Gasteiger partial charge >= 0.3 is 0 Å². The van der Waals surface area contributed by atoms with E-state index in [1.165, 1.54) is 5.56 Å². The summed E-state index contributed by atoms with van der Waals surface area (Å²) in [4.78, 5) is 26.5. The molecule has 5 nitrogen and oxygen atoms in total. The second-order valence-corrected chi connectivity index (χ2v) is 6.99. The second-order valence-electron chi connectivity index (χ2n) is 6.99. The number of aryl methyl sites for hydroxylation is 1. The number of aliphatic hydroxyl groups is 1. The van der Waals surface area contributed by atoms with Gasteiger partial charge in [-0.2, -0.15) is 0 Å². The van der Waals surface area contributed by atoms with E-state index in [0.717, 1.165) is 12.0 Å². The minimum atomic E-state index is -0.282. The number of nitrogens with one attached hydrogen (secondary N) is 1. The Morgan fingerprint density at radius 3 is 2.19 bits per heavy atom. The molecule has 0 spiro atoms. The summed E-state index contributed by atoms with van der Waals surface area (Å²) in [5.74, 6) is -0.0666. The fourth-order valence-corrected chi connectivity index (χ4v) is 3.20. The highest BCUT2D eigenvalue weighted by Gasteiger charge is 2.21. The minimum Gasteiger partial charge on any atom is -0.393 e. The van der Waals surface area contributed by atoms with Gasteiger partial charge in [0.2, 0.25) is 5.91 Å². The Morgan fingerprint density at radius 2 is 1.59 bits per heavy atom. The van der Waals surface area contributed by atoms with Crippen molar-refractivity contribution in [2.45, 2.75) is 38.7 Å². The molecule has 0 radical (unpaired) electrons. The molecular formula is C22H26N2O3. The van der Waals surface area contributed by atoms with Gasteiger partial charge in [-0.25, -0.2) is 0 Å². The van der Waals surface area contributed by atoms with Gasteiger partial charge in [0.1, 0.15) is 0 Å². The standard InChI is InChI=1S/C22H26N2O3/c1-2-16-3-7-18(8-4-16)22(27)23-19-9-5-17(6-10-19)15-21(26)24-13-11-20(25)12-14-24/h3-10,20,25H,2,11-15H2,1H3,(H,23,27). The molecule has 27 heavy (non-hydrogen) atoms. The summed E-state index contributed by atoms with van der Waals surface area (Å²) in [6, 6.07) is 15.0. The molecule has 0 bridgehead atoms. The zero-order valence-electron chi connectivity index (χ0n) is 15.6. The van der Waals surface area contributed by atoms with Gasteiger partial charge in [-0.15, -0.1) is 0 Å². The van der Waals surface area contributed by atoms with E-state index in [4.69, 9.17) is 0 Å². The van der Waals surface area contributed by atoms with Crippen LogP contribution in [-0.4, -0.2) is 41.0 Å². The molecule has 0 atom stereocenters. The Hall–Kier alpha value is -2.66. The Labute approximate surface area is 160 Å². The molecule has 1 aliphatic rings. The van der Waals surface area contributed by atoms with Crippen LogP contribution in [0.5, 0.6) is 0 Å². The van der Waals surface area contributed by atoms with Crippen molar-refractivity contribution in [2.24, 2.45) is 0 Å². The van der Waals surface area contributed by atoms with Crippen LogP contribution in [0.15, 0.2) is 48.5 Å². The summed E-state index contributed by atoms with van der Waals surface area (Å²) >= 11 is 0. The predicted octanol–water partition coefficient (Wildman–Crippen LogP) is 3.03. The van der Waals surface area contributed by atoms with E-state index in [2.05, 4.69) is 12.2 Å². The van der Waals surface area contributed by atoms with E-state index in [0.29, 0.717) is 43.6 Å². The van der Waals surface area contributed by atoms with Gasteiger partial charge in [0.25, 0.3) is 5.91 Å². The molecule has 0 unspecified atom stereocenters. The number of rotatable bonds is 5. The molecule has 5 heteroatoms. The van der Waals surface area contributed by atoms with Crippen molar-refractivity contribution < 1.29 is 14.7 Å². The van der Waals surface area contributed by atoms with E-state index >= 15 is 0 Å². The lowest BCUT2D eigenvalue weighted by Gasteiger charge is -2.29. The molecule has 142 valence electrons. The van der Waals surface area contributed by atoms with Crippen molar-refractivity contribution >= 4 is 17.5 Å². The van der Waals surface area contributed by atoms with Gasteiger partial charge in [0.05, 0.1) is 12.5 Å². The van der Waals surface area contributed by atoms with E-state index < -0.39 is 0 Å². The molecule has 2 amide bonds. The summed E-state index contributed by atoms with van der Waals surface area (Å²) in [6.45, 7) is 3.31. The van der Waals surface area contributed by atoms with Crippen molar-refractivity contribution in [3.05, 3.63) is 65.2 Å². The second kappa shape index (κ2) is 8.82. The van der Waals surface area contributed by atoms with Gasteiger partial charge in [-0.1, -0.05) is 31.2 Å². The van der Waals surface area contributed by atoms with Crippen LogP contribution in [0.2, 0.25) is 0 Å². The van der Waals surface area contributed by atoms with Gasteiger partial charge in [0, 0.05) is 24.3 Å². The lowest BCUT2D eigenvalue weighted by atomic mass is 10.1. The van der Waals surface area contributed by atoms with Gasteiger partial charge in [-0.05, 0) is 54.7 Å². The first-order valence-electron chi connectivity index (χ1n) is 9.50. The molecule has 1 saturated heterocycles. The first-order valence-corrected chi connectivity index (χ1v) is 9.50. The molecule has 0 saturated carbocycles. The van der Waals surface area contributed by atoms with Crippen molar-refractivity contribution in [3.8, 4) is 0 Å². The molecule has 1 heterocycles. The average molecular weight is 366 g/mol. The number of anilines is 1. The van der Waals surface area contributed by atoms with E-state index in [-0.39, 0.29) is 17.9 Å². The third-order valence-corrected chi connectivity index (χ3v) is 5.01. The van der Waals surface area contributed by atoms with Crippen LogP contribution in [0, 0.1) is 0 Å². The number of hydrogen-bond acceptors (Lipinski definition) is 3. The van der Waals surface area contributed by atoms with Crippen LogP contribution in [0.3, 0.4) is 0 Å². The number of carbonyl (C=O) groups is 2. The third-order valence-electron chi connectivity index (χ3n) is 5.01. The summed E-state index contributed by atoms with van der Waals surface area (Å²) in [7, 11) is 0. The SMILES string of the molecule is CCc1ccc(C(=O)Nc2ccc(CC(=O)N3CCC(O)CC3)cc2)cc1. The highest BCUT2D eigenvalue weighted by atomic mass is 16.3. The predicted molar refractivity (Wildman–Crippen MR) is 106 cm³/mol. The zero-order valence-corrected chi connectivity index (χ0v) is 15.6. The first kappa shape index (κ1) is 19.1. The van der Waals surface area contributed by atoms with Crippen LogP contribution in [0.4, 0.5) is 5.69 Å². The van der Waals surface area contributed by atoms with Crippen LogP contribution in [0.25, 0.3) is 0 Å². The minimum absolute atomic E-state index is 0.0784. The molecule has 3 rings (SSSR count). The highest BCUT2D eigenvalue weighted by molar-refractivity contribution is 6.04. The van der Waals surface area contributed by atoms with E-state index in [9.17, 15) is 14.7 Å². The Morgan fingerprint density at radius 1 is 1.00 bits per heavy atom. The molecule has 1 aliphatic heterocycles. The number of nitrogens with zero attached hydrogens (tertiary/aromatic N) is 1. The Kier molecular flexibility index (Phi) is 6.24. The van der Waals surface area contributed by atoms with E-state index in [1.54, 1.807) is 0 Å². The lowest BCUT2D eigenvalue weighted by molar-refractivity contribution is -0.132. The quantitative estimate of drug-likeness (QED) is 0.855. The highest BCUT2D eigenvalue weighted by Crippen LogP contribution is 2.15. The van der Waals surface area contributed by atoms with Crippen LogP contribution < -0.4 is 5.32 Å². The summed E-state index contributed by atoms with van der Waals surface area (Å²) in [5.41, 5.74) is 3.44. The maximum atomic E-state index is 12.3. The Balaban J connectivity index is 1.55. The number of benzene rings is 2. The molecule has 2 aromatic rings. The number of carbonyl (C=O) groups excluding carboxylic acids is 2. The van der Waals surface area contributed by atoms with Crippen LogP contribution in [0.1, 0.15) is 41.3 Å². The van der Waals surface area contributed by atoms with Gasteiger partial charge in [0.15, 0.2) is 0 Å². The molecular weight excluding hydrogens is 340 g/mol. The average Bonchev–Trinajstić information content (AvgIpc) is 2.70. The van der Waals surface area contributed by atoms with E-state index in [1.807, 2.05) is 53.4 Å². The van der Waals surface area contributed by atoms with Gasteiger partial charge < -0.3 is 15.3 Å². The lowest BCUT2D eigenvalue weighted by Crippen LogP contribution is -2.40. The number of amides is 2. The van der Waals surface area contributed by atoms with Crippen molar-refractivity contribution in [1.29, 1.82) is 0 Å². The third kappa shape index (κ3) is 5.17. The zero-order chi connectivity index (χ0) is 19.2. The maximum absolute atomic E-state index is 12.3. The molecule has 2 aromatic carbocycles. The van der Waals surface area contributed by atoms with Crippen LogP contribution >= 0.6 is 0 Å². The number of aliphatic hydroxyl groups excluding tert-OH is 1. The van der Waals surface area contributed by atoms with Crippen molar-refractivity contribution in [3.63, 3.8) is 0 Å². The summed E-state index contributed by atoms with van der Waals surface area (Å²) < 4.78 is 0. The number of likely N-dealkylation sites (tertiary alicyclic amines) is 1. The topological polar surface area (TPSA) is 69.6 Å². The molecule has 0 aromatic heterocycles. The number of hydrogen-bond donors (Lipinski definition) is 2. The maximum Gasteiger partial charge on any atom is 0.255 e. The molecule has 2 N–H and O–H groups in total. The molecule has 1 fully saturated rings. The number of piperidine rings is 1. The Bertz CT molecular complexity index is 776. The van der Waals surface area contributed by atoms with Crippen molar-refractivity contribution in [1.82, 2.24) is 4.90 Å². The van der Waals surface area contributed by atoms with Gasteiger partial charge in [-0.3, -0.25) is 9.59 Å².